The quantitative estimate of drug-likeness (QED) is 0.00936. The van der Waals surface area contributed by atoms with Crippen LogP contribution >= 0.6 is 143 Å². The Morgan fingerprint density at radius 1 is 0.581 bits per heavy atom. The van der Waals surface area contributed by atoms with E-state index < -0.39 is 55.3 Å². The van der Waals surface area contributed by atoms with Crippen LogP contribution in [0.4, 0.5) is 0 Å². The summed E-state index contributed by atoms with van der Waals surface area (Å²) in [6.45, 7) is 17.2. The molecule has 5 unspecified atom stereocenters. The molecule has 5 aliphatic heterocycles. The number of rotatable bonds is 22. The zero-order valence-corrected chi connectivity index (χ0v) is 98.7. The van der Waals surface area contributed by atoms with Gasteiger partial charge in [-0.05, 0) is 290 Å². The van der Waals surface area contributed by atoms with E-state index in [-0.39, 0.29) is 213 Å². The molecule has 1 spiro atoms. The third-order valence-electron chi connectivity index (χ3n) is 20.5. The summed E-state index contributed by atoms with van der Waals surface area (Å²) in [6.07, 6.45) is 18.2. The number of amides is 4. The number of likely N-dealkylation sites (tertiary alicyclic amines) is 2. The summed E-state index contributed by atoms with van der Waals surface area (Å²) in [5, 5.41) is 33.2. The number of aromatic nitrogens is 3. The Balaban J connectivity index is 0.00000157. The summed E-state index contributed by atoms with van der Waals surface area (Å²) >= 11 is 13.4. The molecule has 29 nitrogen and oxygen atoms in total. The first kappa shape index (κ1) is 127. The summed E-state index contributed by atoms with van der Waals surface area (Å²) in [6, 6.07) is 54.0. The van der Waals surface area contributed by atoms with Gasteiger partial charge < -0.3 is 62.5 Å². The van der Waals surface area contributed by atoms with E-state index in [1.54, 1.807) is 44.6 Å². The number of esters is 4. The molecule has 6 aliphatic rings. The van der Waals surface area contributed by atoms with Gasteiger partial charge in [-0.3, -0.25) is 63.4 Å². The Morgan fingerprint density at radius 2 is 0.985 bits per heavy atom. The van der Waals surface area contributed by atoms with Crippen molar-refractivity contribution in [2.45, 2.75) is 147 Å². The van der Waals surface area contributed by atoms with Gasteiger partial charge in [0.1, 0.15) is 6.29 Å². The third kappa shape index (κ3) is 46.3. The zero-order valence-electron chi connectivity index (χ0n) is 79.0. The fraction of sp³-hybridized carbons (Fsp3) is 0.312. The van der Waals surface area contributed by atoms with E-state index in [1.807, 2.05) is 134 Å². The summed E-state index contributed by atoms with van der Waals surface area (Å²) in [4.78, 5) is 152. The second-order valence-electron chi connectivity index (χ2n) is 29.8. The number of hydrogen-bond acceptors (Lipinski definition) is 24. The van der Waals surface area contributed by atoms with Crippen LogP contribution in [0.1, 0.15) is 176 Å². The van der Waals surface area contributed by atoms with Gasteiger partial charge in [0.25, 0.3) is 18.7 Å². The summed E-state index contributed by atoms with van der Waals surface area (Å²) in [7, 11) is 0. The van der Waals surface area contributed by atoms with Gasteiger partial charge in [0.15, 0.2) is 3.51 Å². The fourth-order valence-electron chi connectivity index (χ4n) is 13.9. The maximum atomic E-state index is 12.4. The molecule has 5 atom stereocenters. The number of carbonyl (C=O) groups is 11. The minimum Gasteiger partial charge on any atom is -1.00 e. The van der Waals surface area contributed by atoms with Crippen molar-refractivity contribution < 1.29 is 218 Å². The number of aldehydes is 1. The minimum atomic E-state index is -1.01. The molecule has 9 aromatic rings. The average Bonchev–Trinajstić information content (AvgIpc) is 1.49. The van der Waals surface area contributed by atoms with Crippen molar-refractivity contribution in [2.24, 2.45) is 0 Å². The van der Waals surface area contributed by atoms with Crippen molar-refractivity contribution in [3.63, 3.8) is 0 Å². The van der Waals surface area contributed by atoms with E-state index in [1.165, 1.54) is 38.5 Å². The van der Waals surface area contributed by atoms with Crippen LogP contribution in [0.2, 0.25) is 0 Å². The first-order valence-electron chi connectivity index (χ1n) is 41.3. The van der Waals surface area contributed by atoms with Crippen molar-refractivity contribution in [1.29, 1.82) is 0 Å². The monoisotopic (exact) mass is 2590 g/mol. The molecule has 2 N–H and O–H groups in total. The number of alkyl halides is 1. The van der Waals surface area contributed by atoms with Crippen molar-refractivity contribution in [3.05, 3.63) is 312 Å². The van der Waals surface area contributed by atoms with E-state index in [4.69, 9.17) is 45.9 Å². The molecule has 0 bridgehead atoms. The van der Waals surface area contributed by atoms with Crippen LogP contribution in [-0.2, 0) is 95.6 Å². The van der Waals surface area contributed by atoms with Crippen molar-refractivity contribution in [1.82, 2.24) is 35.4 Å². The van der Waals surface area contributed by atoms with Crippen LogP contribution in [0, 0.1) is 52.3 Å². The van der Waals surface area contributed by atoms with E-state index in [0.29, 0.717) is 88.4 Å². The smallest absolute Gasteiger partial charge is 1.00 e. The number of benzene rings is 6. The van der Waals surface area contributed by atoms with Gasteiger partial charge in [-0.25, -0.2) is 14.4 Å². The first-order valence-corrected chi connectivity index (χ1v) is 50.9. The number of aryl methyl sites for hydroxylation is 3. The summed E-state index contributed by atoms with van der Waals surface area (Å²) in [5.41, 5.74) is 13.4. The van der Waals surface area contributed by atoms with Crippen molar-refractivity contribution in [2.75, 3.05) is 45.9 Å². The molecule has 706 valence electrons. The van der Waals surface area contributed by atoms with E-state index in [9.17, 15) is 53.3 Å². The third-order valence-corrected chi connectivity index (χ3v) is 27.7. The van der Waals surface area contributed by atoms with Crippen LogP contribution < -0.4 is 139 Å². The second-order valence-corrected chi connectivity index (χ2v) is 39.9. The Labute approximate surface area is 962 Å². The van der Waals surface area contributed by atoms with E-state index in [0.717, 1.165) is 94.5 Å². The topological polar surface area (TPSA) is 402 Å². The molecular formula is C96H103ClI6N8Na4O21. The number of pyridine rings is 3. The standard InChI is InChI=1S/C18H19IN2O.C18H18INO5.C17H17IN2O.C12H14INO4.C10H10INO.C7H8ClN.C7H5IO.C5H8O2.2CH2O3.4Na.2H/c1-13-10-20-7-6-15(13)11-21-12-16(9-18(21)22)14-4-3-5-17(8-14)19-2;21-14-9-12(10-20-14)11-4-3-5-13(8-11)19-15-16(22)24-18(25-17(15)23)6-1-2-7-18;1-12-9-19-6-5-14(12)10-20-11-15(8-17(20)21)13-3-2-4-16(18)7-13;1-2-18-12(15)7-10(8-14(16)17)9-4-3-5-11(13)6-9;11-9-3-1-2-7(4-9)8-5-10(13)12-6-8;1-6-5-9-3-2-7(6)4-8;8-7-3-1-2-6(4-7)5-9;1-3-5(6)7-4-2;2*2-1-4-3;;;;;;/h3-8,10,16H,2,9,11-12H2,1H3;3-5,8,12H,1-2,6-7,9-10H2,(H,20,21);2-7,9,15H,8,10-11H2,1H3;3-6,10H,2,7-8H2,1H3;1-4,8H,5-6H2,(H,12,13);2-3,5H,4H2,1H3;1-5H;3H,1,4H2,2H3;2*1,3H;;;;;;/q;;;;;;;;;;4*+1;2*-1/p-2. The molecule has 5 saturated heterocycles. The Morgan fingerprint density at radius 3 is 1.35 bits per heavy atom. The molecule has 0 radical (unpaired) electrons. The predicted molar refractivity (Wildman–Crippen MR) is 548 cm³/mol. The largest absolute Gasteiger partial charge is 1.00 e. The predicted octanol–water partition coefficient (Wildman–Crippen LogP) is 3.54. The van der Waals surface area contributed by atoms with Crippen LogP contribution in [0.3, 0.4) is 0 Å². The van der Waals surface area contributed by atoms with Gasteiger partial charge >= 0.3 is 142 Å². The Bertz CT molecular complexity index is 5430. The number of nitrogens with one attached hydrogen (secondary N) is 2. The molecular weight excluding hydrogens is 2490 g/mol. The Kier molecular flexibility index (Phi) is 65.5. The maximum Gasteiger partial charge on any atom is 1.00 e. The van der Waals surface area contributed by atoms with Gasteiger partial charge in [0, 0.05) is 183 Å². The molecule has 8 heterocycles. The average molecular weight is 2590 g/mol. The van der Waals surface area contributed by atoms with Gasteiger partial charge in [-0.15, -0.1) is 11.6 Å². The zero-order chi connectivity index (χ0) is 96.5. The van der Waals surface area contributed by atoms with Gasteiger partial charge in [0.2, 0.25) is 30.2 Å². The Hall–Kier alpha value is -5.39. The van der Waals surface area contributed by atoms with Crippen molar-refractivity contribution >= 4 is 218 Å². The molecule has 1 saturated carbocycles. The molecule has 6 fully saturated rings. The number of ether oxygens (including phenoxy) is 4. The molecule has 136 heavy (non-hydrogen) atoms. The van der Waals surface area contributed by atoms with Gasteiger partial charge in [0.05, 0.1) is 25.6 Å². The second kappa shape index (κ2) is 70.3. The first-order chi connectivity index (χ1) is 63.4. The summed E-state index contributed by atoms with van der Waals surface area (Å²) < 4.78 is 31.3. The van der Waals surface area contributed by atoms with Gasteiger partial charge in [-0.2, -0.15) is 0 Å². The van der Waals surface area contributed by atoms with E-state index in [2.05, 4.69) is 208 Å². The van der Waals surface area contributed by atoms with E-state index >= 15 is 0 Å². The normalized spacial score (nSPS) is 15.9. The number of carbonyl (C=O) groups excluding carboxylic acids is 11. The number of hydrogen-bond donors (Lipinski definition) is 2. The maximum absolute atomic E-state index is 12.4. The van der Waals surface area contributed by atoms with Crippen LogP contribution in [0.5, 0.6) is 0 Å². The molecule has 40 heteroatoms. The number of halogens is 7. The van der Waals surface area contributed by atoms with Crippen molar-refractivity contribution in [3.8, 4) is 0 Å². The van der Waals surface area contributed by atoms with Gasteiger partial charge in [-0.1, -0.05) is 125 Å². The van der Waals surface area contributed by atoms with Crippen LogP contribution in [0.25, 0.3) is 0 Å². The molecule has 1 aliphatic carbocycles. The molecule has 6 aromatic carbocycles. The molecule has 3 aromatic heterocycles. The minimum absolute atomic E-state index is 0. The molecule has 4 amide bonds. The van der Waals surface area contributed by atoms with Crippen LogP contribution in [0.15, 0.2) is 214 Å². The molecule has 15 rings (SSSR count). The SMILES string of the molecule is C=CC(=O)OCC.C=Ic1cccc(C2CC(=O)N(Cc3ccncc3C)C2)c1.CCOC(=O)CC(C[N+](=O)[O-])c1cccc(I)c1.Cc1cnccc1CCl.Cc1cnccc1CN1CC(c2cccc(I)c2)CC1=O.O=C1CC(c2cccc(I)c2)CN1.O=C1CC(c2cccc(I=C3C(=O)OC4(CCCC4)OC3=O)c2)CN1.O=CO[O-].O=CO[O-].O=Cc1cccc(I)c1.[H-].[H-].[Na+].[Na+].[Na+].[Na+]. The number of nitro groups is 1. The van der Waals surface area contributed by atoms with Crippen LogP contribution in [-0.4, -0.2) is 156 Å². The fourth-order valence-corrected chi connectivity index (χ4v) is 19.6. The summed E-state index contributed by atoms with van der Waals surface area (Å²) in [5.74, 6) is -0.804. The number of nitrogens with zero attached hydrogens (tertiary/aromatic N) is 6.